The van der Waals surface area contributed by atoms with Crippen LogP contribution in [0.5, 0.6) is 23.0 Å². The zero-order valence-electron chi connectivity index (χ0n) is 29.2. The van der Waals surface area contributed by atoms with Crippen molar-refractivity contribution < 1.29 is 28.5 Å². The summed E-state index contributed by atoms with van der Waals surface area (Å²) in [5, 5.41) is 4.54. The van der Waals surface area contributed by atoms with E-state index in [1.54, 1.807) is 92.7 Å². The third kappa shape index (κ3) is 10.8. The highest BCUT2D eigenvalue weighted by Crippen LogP contribution is 2.35. The van der Waals surface area contributed by atoms with Gasteiger partial charge in [-0.15, -0.1) is 22.7 Å². The number of aromatic nitrogens is 4. The van der Waals surface area contributed by atoms with Crippen LogP contribution in [0.4, 0.5) is 21.0 Å². The van der Waals surface area contributed by atoms with E-state index in [4.69, 9.17) is 31.5 Å². The highest BCUT2D eigenvalue weighted by molar-refractivity contribution is 7.22. The van der Waals surface area contributed by atoms with E-state index in [0.717, 1.165) is 47.3 Å². The van der Waals surface area contributed by atoms with E-state index in [2.05, 4.69) is 30.0 Å². The first kappa shape index (κ1) is 40.6. The zero-order valence-corrected chi connectivity index (χ0v) is 31.6. The van der Waals surface area contributed by atoms with Crippen LogP contribution >= 0.6 is 34.3 Å². The number of ether oxygens (including phenoxy) is 4. The van der Waals surface area contributed by atoms with Gasteiger partial charge in [-0.1, -0.05) is 31.7 Å². The number of benzene rings is 4. The van der Waals surface area contributed by atoms with E-state index in [1.165, 1.54) is 11.3 Å². The zero-order chi connectivity index (χ0) is 38.6. The Hall–Kier alpha value is -6.61. The van der Waals surface area contributed by atoms with Gasteiger partial charge in [0.25, 0.3) is 0 Å². The van der Waals surface area contributed by atoms with Gasteiger partial charge in [0.05, 0.1) is 40.3 Å². The van der Waals surface area contributed by atoms with Gasteiger partial charge >= 0.3 is 11.5 Å². The molecule has 0 bridgehead atoms. The molecule has 4 heterocycles. The maximum atomic E-state index is 12.3. The first-order valence-corrected chi connectivity index (χ1v) is 18.3. The number of fused-ring (bicyclic) bond motifs is 2. The first-order valence-electron chi connectivity index (χ1n) is 16.3. The lowest BCUT2D eigenvalue weighted by molar-refractivity contribution is 0.215. The molecule has 0 fully saturated rings. The Balaban J connectivity index is 0.000000176. The molecule has 4 aromatic carbocycles. The maximum absolute atomic E-state index is 12.3. The Kier molecular flexibility index (Phi) is 14.2. The van der Waals surface area contributed by atoms with Crippen LogP contribution in [-0.2, 0) is 0 Å². The molecule has 0 spiro atoms. The fraction of sp³-hybridized carbons (Fsp3) is 0.0732. The van der Waals surface area contributed by atoms with Crippen molar-refractivity contribution in [1.29, 1.82) is 0 Å². The number of nitrogens with one attached hydrogen (secondary N) is 1. The molecule has 0 aliphatic rings. The van der Waals surface area contributed by atoms with E-state index in [0.29, 0.717) is 28.7 Å². The summed E-state index contributed by atoms with van der Waals surface area (Å²) in [6, 6.07) is 32.4. The van der Waals surface area contributed by atoms with E-state index in [-0.39, 0.29) is 7.43 Å². The molecular weight excluding hydrogens is 772 g/mol. The summed E-state index contributed by atoms with van der Waals surface area (Å²) in [5.41, 5.74) is 10.1. The largest absolute Gasteiger partial charge is 0.497 e. The molecule has 0 radical (unpaired) electrons. The van der Waals surface area contributed by atoms with E-state index >= 15 is 0 Å². The molecule has 8 rings (SSSR count). The number of nitrogens with zero attached hydrogens (tertiary/aromatic N) is 4. The Morgan fingerprint density at radius 1 is 0.625 bits per heavy atom. The van der Waals surface area contributed by atoms with Crippen molar-refractivity contribution in [3.8, 4) is 44.1 Å². The molecule has 284 valence electrons. The molecule has 0 aliphatic heterocycles. The number of rotatable bonds is 7. The van der Waals surface area contributed by atoms with Crippen LogP contribution in [0.15, 0.2) is 134 Å². The van der Waals surface area contributed by atoms with Gasteiger partial charge in [-0.2, -0.15) is 0 Å². The highest BCUT2D eigenvalue weighted by Gasteiger charge is 2.14. The topological polar surface area (TPSA) is 161 Å². The van der Waals surface area contributed by atoms with Crippen molar-refractivity contribution in [2.24, 2.45) is 0 Å². The molecule has 8 aromatic rings. The minimum atomic E-state index is -0.847. The number of pyridine rings is 2. The quantitative estimate of drug-likeness (QED) is 0.116. The highest BCUT2D eigenvalue weighted by atomic mass is 35.5. The van der Waals surface area contributed by atoms with Crippen LogP contribution < -0.4 is 30.0 Å². The predicted molar refractivity (Wildman–Crippen MR) is 224 cm³/mol. The van der Waals surface area contributed by atoms with Gasteiger partial charge in [0.2, 0.25) is 0 Å². The summed E-state index contributed by atoms with van der Waals surface area (Å²) >= 11 is 8.12. The smallest absolute Gasteiger partial charge is 0.417 e. The Labute approximate surface area is 335 Å². The number of anilines is 2. The summed E-state index contributed by atoms with van der Waals surface area (Å²) in [5.74, 6) is 2.22. The second kappa shape index (κ2) is 19.6. The molecule has 0 aliphatic carbocycles. The van der Waals surface area contributed by atoms with Gasteiger partial charge < -0.3 is 24.7 Å². The number of thiazole rings is 2. The number of methoxy groups -OCH3 is 2. The maximum Gasteiger partial charge on any atom is 0.417 e. The number of amides is 1. The Morgan fingerprint density at radius 3 is 1.59 bits per heavy atom. The van der Waals surface area contributed by atoms with Gasteiger partial charge in [0.1, 0.15) is 33.0 Å². The number of carbonyl (C=O) groups excluding carboxylic acids is 2. The van der Waals surface area contributed by atoms with Gasteiger partial charge in [-0.05, 0) is 84.9 Å². The molecule has 56 heavy (non-hydrogen) atoms. The van der Waals surface area contributed by atoms with E-state index in [1.807, 2.05) is 66.9 Å². The lowest BCUT2D eigenvalue weighted by Crippen LogP contribution is -2.17. The number of carbonyl (C=O) groups is 2. The summed E-state index contributed by atoms with van der Waals surface area (Å²) in [4.78, 5) is 40.0. The number of para-hydroxylation sites is 2. The van der Waals surface area contributed by atoms with Crippen molar-refractivity contribution in [3.63, 3.8) is 0 Å². The van der Waals surface area contributed by atoms with E-state index < -0.39 is 11.5 Å². The van der Waals surface area contributed by atoms with Crippen LogP contribution in [0.2, 0.25) is 0 Å². The third-order valence-corrected chi connectivity index (χ3v) is 9.65. The van der Waals surface area contributed by atoms with Crippen LogP contribution in [-0.4, -0.2) is 45.7 Å². The van der Waals surface area contributed by atoms with Gasteiger partial charge in [0, 0.05) is 53.2 Å². The van der Waals surface area contributed by atoms with Crippen molar-refractivity contribution in [1.82, 2.24) is 19.9 Å². The summed E-state index contributed by atoms with van der Waals surface area (Å²) in [6.07, 6.45) is 6.50. The lowest BCUT2D eigenvalue weighted by Gasteiger charge is -2.10. The summed E-state index contributed by atoms with van der Waals surface area (Å²) in [6.45, 7) is 0. The standard InChI is InChI=1S/C20H15N3O3S.C12H9N3S.C8H7ClO3.CH4/c1-25-13-6-8-14(9-7-13)26-20(24)23-16-5-3-2-4-15(16)19-22-17-10-11-21-12-18(17)27-19;13-9-4-2-1-3-8(9)12-15-10-5-6-14-7-11(10)16-12;1-11-6-2-4-7(5-3-6)12-8(9)10;/h2-12H,1H3,(H,23,24);1-7H,13H2;2-5H,1H3;1H4. The van der Waals surface area contributed by atoms with Crippen molar-refractivity contribution >= 4 is 77.6 Å². The van der Waals surface area contributed by atoms with Crippen molar-refractivity contribution in [3.05, 3.63) is 134 Å². The molecule has 0 unspecified atom stereocenters. The Morgan fingerprint density at radius 2 is 1.09 bits per heavy atom. The van der Waals surface area contributed by atoms with Gasteiger partial charge in [0.15, 0.2) is 0 Å². The van der Waals surface area contributed by atoms with Crippen LogP contribution in [0, 0.1) is 0 Å². The van der Waals surface area contributed by atoms with Gasteiger partial charge in [-0.3, -0.25) is 15.3 Å². The molecule has 1 amide bonds. The van der Waals surface area contributed by atoms with Crippen LogP contribution in [0.3, 0.4) is 0 Å². The number of halogens is 1. The molecule has 4 aromatic heterocycles. The monoisotopic (exact) mass is 806 g/mol. The number of hydrogen-bond donors (Lipinski definition) is 2. The number of hydrogen-bond acceptors (Lipinski definition) is 13. The molecule has 3 N–H and O–H groups in total. The lowest BCUT2D eigenvalue weighted by atomic mass is 10.2. The summed E-state index contributed by atoms with van der Waals surface area (Å²) in [7, 11) is 3.14. The predicted octanol–water partition coefficient (Wildman–Crippen LogP) is 11.0. The van der Waals surface area contributed by atoms with E-state index in [9.17, 15) is 9.59 Å². The normalized spacial score (nSPS) is 10.1. The molecular formula is C41H35ClN6O6S2. The third-order valence-electron chi connectivity index (χ3n) is 7.50. The minimum absolute atomic E-state index is 0. The molecule has 0 saturated heterocycles. The number of nitrogens with two attached hydrogens (primary N) is 1. The SMILES string of the molecule is C.COc1ccc(OC(=O)Cl)cc1.COc1ccc(OC(=O)Nc2ccccc2-c2nc3ccncc3s2)cc1.Nc1ccccc1-c1nc2ccncc2s1. The fourth-order valence-electron chi connectivity index (χ4n) is 4.88. The minimum Gasteiger partial charge on any atom is -0.497 e. The van der Waals surface area contributed by atoms with Crippen LogP contribution in [0.1, 0.15) is 7.43 Å². The average molecular weight is 807 g/mol. The second-order valence-electron chi connectivity index (χ2n) is 11.1. The first-order chi connectivity index (χ1) is 26.8. The second-order valence-corrected chi connectivity index (χ2v) is 13.4. The summed E-state index contributed by atoms with van der Waals surface area (Å²) < 4.78 is 22.0. The number of nitrogen functional groups attached to an aromatic ring is 1. The van der Waals surface area contributed by atoms with Gasteiger partial charge in [-0.25, -0.2) is 19.6 Å². The molecule has 0 atom stereocenters. The Bertz CT molecular complexity index is 2460. The van der Waals surface area contributed by atoms with Crippen molar-refractivity contribution in [2.45, 2.75) is 7.43 Å². The average Bonchev–Trinajstić information content (AvgIpc) is 3.84. The van der Waals surface area contributed by atoms with Crippen LogP contribution in [0.25, 0.3) is 41.6 Å². The molecule has 15 heteroatoms. The molecule has 0 saturated carbocycles. The molecule has 12 nitrogen and oxygen atoms in total. The van der Waals surface area contributed by atoms with Crippen molar-refractivity contribution in [2.75, 3.05) is 25.3 Å². The fourth-order valence-corrected chi connectivity index (χ4v) is 6.92.